The quantitative estimate of drug-likeness (QED) is 0.859. The number of carbonyl (C=O) groups is 1. The van der Waals surface area contributed by atoms with Crippen LogP contribution < -0.4 is 5.32 Å². The van der Waals surface area contributed by atoms with E-state index in [-0.39, 0.29) is 5.92 Å². The second-order valence-corrected chi connectivity index (χ2v) is 8.22. The highest BCUT2D eigenvalue weighted by atomic mass is 32.2. The Balaban J connectivity index is 1.41. The van der Waals surface area contributed by atoms with Crippen molar-refractivity contribution in [1.29, 1.82) is 0 Å². The van der Waals surface area contributed by atoms with E-state index in [0.29, 0.717) is 17.9 Å². The van der Waals surface area contributed by atoms with Crippen molar-refractivity contribution in [2.24, 2.45) is 11.8 Å². The highest BCUT2D eigenvalue weighted by Gasteiger charge is 2.31. The third kappa shape index (κ3) is 4.18. The highest BCUT2D eigenvalue weighted by Crippen LogP contribution is 2.27. The number of likely N-dealkylation sites (tertiary alicyclic amines) is 1. The minimum atomic E-state index is 0.229. The third-order valence-corrected chi connectivity index (χ3v) is 6.81. The Morgan fingerprint density at radius 2 is 1.91 bits per heavy atom. The molecule has 0 aromatic heterocycles. The first-order chi connectivity index (χ1) is 10.7. The van der Waals surface area contributed by atoms with Gasteiger partial charge in [0.2, 0.25) is 5.91 Å². The zero-order valence-electron chi connectivity index (χ0n) is 13.8. The summed E-state index contributed by atoms with van der Waals surface area (Å²) in [6, 6.07) is 1.07. The molecule has 0 aromatic rings. The molecular weight excluding hydrogens is 296 g/mol. The van der Waals surface area contributed by atoms with Crippen LogP contribution in [-0.2, 0) is 9.53 Å². The third-order valence-electron chi connectivity index (χ3n) is 5.67. The second kappa shape index (κ2) is 8.02. The van der Waals surface area contributed by atoms with Crippen molar-refractivity contribution in [3.63, 3.8) is 0 Å². The number of piperidine rings is 1. The Morgan fingerprint density at radius 1 is 1.18 bits per heavy atom. The molecule has 5 heteroatoms. The van der Waals surface area contributed by atoms with E-state index in [4.69, 9.17) is 4.74 Å². The van der Waals surface area contributed by atoms with Gasteiger partial charge in [0.25, 0.3) is 0 Å². The van der Waals surface area contributed by atoms with Gasteiger partial charge in [-0.25, -0.2) is 0 Å². The molecule has 3 saturated heterocycles. The predicted molar refractivity (Wildman–Crippen MR) is 91.2 cm³/mol. The van der Waals surface area contributed by atoms with E-state index in [1.807, 2.05) is 0 Å². The average molecular weight is 327 g/mol. The number of nitrogens with one attached hydrogen (secondary N) is 1. The Hall–Kier alpha value is -0.260. The maximum atomic E-state index is 12.5. The van der Waals surface area contributed by atoms with Crippen molar-refractivity contribution in [3.8, 4) is 0 Å². The molecule has 0 radical (unpaired) electrons. The highest BCUT2D eigenvalue weighted by molar-refractivity contribution is 7.99. The van der Waals surface area contributed by atoms with Crippen LogP contribution in [0.3, 0.4) is 0 Å². The summed E-state index contributed by atoms with van der Waals surface area (Å²) in [5.74, 6) is 3.71. The Bertz CT molecular complexity index is 360. The molecule has 0 spiro atoms. The monoisotopic (exact) mass is 326 g/mol. The smallest absolute Gasteiger partial charge is 0.223 e. The molecule has 3 rings (SSSR count). The van der Waals surface area contributed by atoms with Gasteiger partial charge in [0, 0.05) is 37.0 Å². The second-order valence-electron chi connectivity index (χ2n) is 7.07. The topological polar surface area (TPSA) is 41.6 Å². The molecule has 0 aromatic carbocycles. The summed E-state index contributed by atoms with van der Waals surface area (Å²) < 4.78 is 5.41. The molecule has 126 valence electrons. The van der Waals surface area contributed by atoms with Crippen LogP contribution in [-0.4, -0.2) is 60.7 Å². The zero-order chi connectivity index (χ0) is 15.4. The molecule has 22 heavy (non-hydrogen) atoms. The summed E-state index contributed by atoms with van der Waals surface area (Å²) in [7, 11) is 0. The van der Waals surface area contributed by atoms with Gasteiger partial charge < -0.3 is 10.1 Å². The van der Waals surface area contributed by atoms with E-state index in [1.54, 1.807) is 0 Å². The summed E-state index contributed by atoms with van der Waals surface area (Å²) >= 11 is 2.08. The lowest BCUT2D eigenvalue weighted by atomic mass is 9.90. The molecule has 1 amide bonds. The maximum Gasteiger partial charge on any atom is 0.223 e. The van der Waals surface area contributed by atoms with Crippen molar-refractivity contribution in [2.75, 3.05) is 37.8 Å². The van der Waals surface area contributed by atoms with Gasteiger partial charge >= 0.3 is 0 Å². The van der Waals surface area contributed by atoms with Gasteiger partial charge in [-0.1, -0.05) is 0 Å². The van der Waals surface area contributed by atoms with Crippen LogP contribution in [0.1, 0.15) is 39.0 Å². The van der Waals surface area contributed by atoms with Crippen molar-refractivity contribution < 1.29 is 9.53 Å². The SMILES string of the molecule is C[C@@H](NC(=O)C1CCN([C@H]2CCSC2)CC1)C1CCOCC1. The van der Waals surface area contributed by atoms with Crippen LogP contribution in [0.2, 0.25) is 0 Å². The summed E-state index contributed by atoms with van der Waals surface area (Å²) in [4.78, 5) is 15.1. The van der Waals surface area contributed by atoms with Gasteiger partial charge in [0.15, 0.2) is 0 Å². The first-order valence-corrected chi connectivity index (χ1v) is 10.1. The van der Waals surface area contributed by atoms with Gasteiger partial charge in [-0.15, -0.1) is 0 Å². The number of hydrogen-bond acceptors (Lipinski definition) is 4. The van der Waals surface area contributed by atoms with E-state index in [1.165, 1.54) is 17.9 Å². The molecule has 3 aliphatic heterocycles. The minimum absolute atomic E-state index is 0.229. The molecule has 0 saturated carbocycles. The standard InChI is InChI=1S/C17H30N2O2S/c1-13(14-4-9-21-10-5-14)18-17(20)15-2-7-19(8-3-15)16-6-11-22-12-16/h13-16H,2-12H2,1H3,(H,18,20)/t13-,16+/m1/s1. The van der Waals surface area contributed by atoms with Gasteiger partial charge in [0.1, 0.15) is 0 Å². The van der Waals surface area contributed by atoms with Crippen molar-refractivity contribution in [1.82, 2.24) is 10.2 Å². The lowest BCUT2D eigenvalue weighted by molar-refractivity contribution is -0.127. The molecule has 4 nitrogen and oxygen atoms in total. The van der Waals surface area contributed by atoms with Crippen LogP contribution in [0, 0.1) is 11.8 Å². The Labute approximate surface area is 138 Å². The number of ether oxygens (including phenoxy) is 1. The fourth-order valence-corrected chi connectivity index (χ4v) is 5.27. The maximum absolute atomic E-state index is 12.5. The van der Waals surface area contributed by atoms with Crippen LogP contribution in [0.15, 0.2) is 0 Å². The van der Waals surface area contributed by atoms with Gasteiger partial charge in [-0.2, -0.15) is 11.8 Å². The fourth-order valence-electron chi connectivity index (χ4n) is 4.01. The minimum Gasteiger partial charge on any atom is -0.381 e. The number of rotatable bonds is 4. The van der Waals surface area contributed by atoms with E-state index in [9.17, 15) is 4.79 Å². The summed E-state index contributed by atoms with van der Waals surface area (Å²) in [5.41, 5.74) is 0. The molecular formula is C17H30N2O2S. The number of thioether (sulfide) groups is 1. The van der Waals surface area contributed by atoms with E-state index >= 15 is 0 Å². The zero-order valence-corrected chi connectivity index (χ0v) is 14.6. The average Bonchev–Trinajstić information content (AvgIpc) is 3.10. The number of carbonyl (C=O) groups excluding carboxylic acids is 1. The lowest BCUT2D eigenvalue weighted by Crippen LogP contribution is -2.47. The molecule has 1 N–H and O–H groups in total. The molecule has 3 aliphatic rings. The van der Waals surface area contributed by atoms with E-state index in [2.05, 4.69) is 28.9 Å². The summed E-state index contributed by atoms with van der Waals surface area (Å²) in [5, 5.41) is 3.29. The number of amides is 1. The van der Waals surface area contributed by atoms with Crippen molar-refractivity contribution in [2.45, 2.75) is 51.1 Å². The normalized spacial score (nSPS) is 30.3. The van der Waals surface area contributed by atoms with Crippen LogP contribution in [0.5, 0.6) is 0 Å². The molecule has 0 bridgehead atoms. The molecule has 3 fully saturated rings. The molecule has 0 unspecified atom stereocenters. The lowest BCUT2D eigenvalue weighted by Gasteiger charge is -2.36. The largest absolute Gasteiger partial charge is 0.381 e. The number of nitrogens with zero attached hydrogens (tertiary/aromatic N) is 1. The van der Waals surface area contributed by atoms with E-state index in [0.717, 1.165) is 58.0 Å². The van der Waals surface area contributed by atoms with Crippen LogP contribution in [0.4, 0.5) is 0 Å². The first-order valence-electron chi connectivity index (χ1n) is 8.94. The van der Waals surface area contributed by atoms with Crippen LogP contribution in [0.25, 0.3) is 0 Å². The first kappa shape index (κ1) is 16.6. The van der Waals surface area contributed by atoms with Crippen LogP contribution >= 0.6 is 11.8 Å². The Kier molecular flexibility index (Phi) is 6.05. The molecule has 3 heterocycles. The Morgan fingerprint density at radius 3 is 2.55 bits per heavy atom. The molecule has 0 aliphatic carbocycles. The number of hydrogen-bond donors (Lipinski definition) is 1. The fraction of sp³-hybridized carbons (Fsp3) is 0.941. The summed E-state index contributed by atoms with van der Waals surface area (Å²) in [6.07, 6.45) is 5.57. The molecule has 2 atom stereocenters. The van der Waals surface area contributed by atoms with Crippen molar-refractivity contribution in [3.05, 3.63) is 0 Å². The van der Waals surface area contributed by atoms with Gasteiger partial charge in [0.05, 0.1) is 0 Å². The van der Waals surface area contributed by atoms with Gasteiger partial charge in [-0.05, 0) is 63.8 Å². The van der Waals surface area contributed by atoms with Gasteiger partial charge in [-0.3, -0.25) is 9.69 Å². The van der Waals surface area contributed by atoms with E-state index < -0.39 is 0 Å². The van der Waals surface area contributed by atoms with Crippen molar-refractivity contribution >= 4 is 17.7 Å². The summed E-state index contributed by atoms with van der Waals surface area (Å²) in [6.45, 7) is 6.08. The predicted octanol–water partition coefficient (Wildman–Crippen LogP) is 2.14.